The molecule has 0 bridgehead atoms. The number of rotatable bonds is 4. The van der Waals surface area contributed by atoms with Crippen molar-refractivity contribution in [1.29, 1.82) is 0 Å². The number of hydrogen-bond acceptors (Lipinski definition) is 0. The van der Waals surface area contributed by atoms with Crippen molar-refractivity contribution in [3.8, 4) is 89.0 Å². The van der Waals surface area contributed by atoms with E-state index in [9.17, 15) is 0 Å². The van der Waals surface area contributed by atoms with Gasteiger partial charge in [-0.05, 0) is 219 Å². The first-order valence-electron chi connectivity index (χ1n) is 29.1. The molecule has 0 heterocycles. The molecule has 0 radical (unpaired) electrons. The molecule has 0 aliphatic heterocycles. The summed E-state index contributed by atoms with van der Waals surface area (Å²) in [6, 6.07) is 78.4. The second-order valence-corrected chi connectivity index (χ2v) is 27.3. The molecule has 0 heteroatoms. The highest BCUT2D eigenvalue weighted by Crippen LogP contribution is 2.56. The Morgan fingerprint density at radius 1 is 0.237 bits per heavy atom. The van der Waals surface area contributed by atoms with E-state index in [0.29, 0.717) is 0 Å². The molecule has 4 aliphatic rings. The molecule has 0 saturated carbocycles. The summed E-state index contributed by atoms with van der Waals surface area (Å²) in [7, 11) is 0. The maximum Gasteiger partial charge on any atom is 0.0159 e. The Morgan fingerprint density at radius 3 is 0.912 bits per heavy atom. The summed E-state index contributed by atoms with van der Waals surface area (Å²) in [4.78, 5) is 0. The predicted octanol–water partition coefficient (Wildman–Crippen LogP) is 21.8. The van der Waals surface area contributed by atoms with Crippen LogP contribution in [-0.2, 0) is 27.1 Å². The van der Waals surface area contributed by atoms with E-state index in [4.69, 9.17) is 0 Å². The van der Waals surface area contributed by atoms with Crippen molar-refractivity contribution in [2.24, 2.45) is 0 Å². The van der Waals surface area contributed by atoms with Crippen LogP contribution in [0.2, 0.25) is 0 Å². The molecule has 0 fully saturated rings. The topological polar surface area (TPSA) is 0 Å². The Hall–Kier alpha value is -8.32. The zero-order valence-electron chi connectivity index (χ0n) is 48.1. The standard InChI is InChI=1S/C80H66/c1-76(2,3)55-36-53-17-16-45-18-27-56(65-35-26-54(37-55)74(53)75(45)65)52-25-34-64-63-33-24-51(43-72(63)80(10,11)73(64)44-52)50-23-32-62-61-31-22-49(41-70(61)79(8,9)71(62)42-50)48-21-30-60-59-29-20-47(39-68(59)78(6,7)69(60)40-48)46-19-28-58-57-14-12-13-15-66(57)77(4,5)67(58)38-46/h12-44H,1-11H3. The third-order valence-corrected chi connectivity index (χ3v) is 20.4. The molecule has 0 aromatic heterocycles. The highest BCUT2D eigenvalue weighted by atomic mass is 14.4. The monoisotopic (exact) mass is 1030 g/mol. The summed E-state index contributed by atoms with van der Waals surface area (Å²) in [5, 5.41) is 8.04. The van der Waals surface area contributed by atoms with Gasteiger partial charge in [0.2, 0.25) is 0 Å². The summed E-state index contributed by atoms with van der Waals surface area (Å²) in [5.41, 5.74) is 33.3. The van der Waals surface area contributed by atoms with E-state index in [1.54, 1.807) is 0 Å². The van der Waals surface area contributed by atoms with Gasteiger partial charge in [0.1, 0.15) is 0 Å². The van der Waals surface area contributed by atoms with E-state index in [1.807, 2.05) is 0 Å². The lowest BCUT2D eigenvalue weighted by atomic mass is 9.79. The smallest absolute Gasteiger partial charge is 0.0159 e. The fourth-order valence-electron chi connectivity index (χ4n) is 15.7. The Bertz CT molecular complexity index is 4710. The van der Waals surface area contributed by atoms with Crippen LogP contribution >= 0.6 is 0 Å². The maximum atomic E-state index is 2.50. The fourth-order valence-corrected chi connectivity index (χ4v) is 15.7. The van der Waals surface area contributed by atoms with E-state index in [-0.39, 0.29) is 27.1 Å². The van der Waals surface area contributed by atoms with Gasteiger partial charge in [-0.3, -0.25) is 0 Å². The highest BCUT2D eigenvalue weighted by Gasteiger charge is 2.41. The van der Waals surface area contributed by atoms with Crippen molar-refractivity contribution in [1.82, 2.24) is 0 Å². The average Bonchev–Trinajstić information content (AvgIpc) is 4.20. The summed E-state index contributed by atoms with van der Waals surface area (Å²) < 4.78 is 0. The molecule has 0 spiro atoms. The largest absolute Gasteiger partial charge is 0.0619 e. The van der Waals surface area contributed by atoms with Crippen LogP contribution in [-0.4, -0.2) is 0 Å². The molecule has 0 unspecified atom stereocenters. The maximum absolute atomic E-state index is 2.50. The van der Waals surface area contributed by atoms with Crippen molar-refractivity contribution >= 4 is 32.3 Å². The van der Waals surface area contributed by atoms with Crippen LogP contribution in [0.25, 0.3) is 121 Å². The van der Waals surface area contributed by atoms with Crippen LogP contribution in [0.1, 0.15) is 126 Å². The van der Waals surface area contributed by atoms with E-state index in [2.05, 4.69) is 276 Å². The summed E-state index contributed by atoms with van der Waals surface area (Å²) >= 11 is 0. The molecule has 0 nitrogen and oxygen atoms in total. The molecular formula is C80H66. The van der Waals surface area contributed by atoms with Crippen LogP contribution in [0.4, 0.5) is 0 Å². The Kier molecular flexibility index (Phi) is 9.37. The minimum atomic E-state index is -0.169. The van der Waals surface area contributed by atoms with Gasteiger partial charge in [-0.25, -0.2) is 0 Å². The van der Waals surface area contributed by atoms with E-state index in [0.717, 1.165) is 0 Å². The normalized spacial score (nSPS) is 16.1. The van der Waals surface area contributed by atoms with Crippen LogP contribution in [0.3, 0.4) is 0 Å². The van der Waals surface area contributed by atoms with Gasteiger partial charge in [0.25, 0.3) is 0 Å². The second kappa shape index (κ2) is 15.7. The molecular weight excluding hydrogens is 961 g/mol. The zero-order valence-corrected chi connectivity index (χ0v) is 48.1. The van der Waals surface area contributed by atoms with Gasteiger partial charge in [-0.15, -0.1) is 0 Å². The average molecular weight is 1030 g/mol. The van der Waals surface area contributed by atoms with Crippen molar-refractivity contribution in [3.05, 3.63) is 250 Å². The van der Waals surface area contributed by atoms with Gasteiger partial charge in [-0.2, -0.15) is 0 Å². The Morgan fingerprint density at radius 2 is 0.525 bits per heavy atom. The SMILES string of the molecule is CC(C)(C)c1cc2ccc3ccc(-c4ccc5c(c4)C(C)(C)c4cc(-c6ccc7c(c6)C(C)(C)c6cc(-c8ccc9c(c8)C(C)(C)c8cc(-c%10ccc%11c(c%10)C(C)(C)c%10ccccc%10-%11)ccc8-9)ccc6-7)ccc4-5)c4ccc(c1)c2c34. The third kappa shape index (κ3) is 6.40. The van der Waals surface area contributed by atoms with Gasteiger partial charge >= 0.3 is 0 Å². The molecule has 0 atom stereocenters. The molecule has 0 saturated heterocycles. The second-order valence-electron chi connectivity index (χ2n) is 27.3. The van der Waals surface area contributed by atoms with Crippen LogP contribution < -0.4 is 0 Å². The summed E-state index contributed by atoms with van der Waals surface area (Å²) in [6.45, 7) is 26.2. The lowest BCUT2D eigenvalue weighted by Crippen LogP contribution is -2.16. The van der Waals surface area contributed by atoms with Gasteiger partial charge in [0, 0.05) is 21.7 Å². The Balaban J connectivity index is 0.687. The molecule has 80 heavy (non-hydrogen) atoms. The van der Waals surface area contributed by atoms with Crippen molar-refractivity contribution in [2.45, 2.75) is 103 Å². The van der Waals surface area contributed by atoms with Crippen molar-refractivity contribution in [3.63, 3.8) is 0 Å². The zero-order chi connectivity index (χ0) is 54.7. The summed E-state index contributed by atoms with van der Waals surface area (Å²) in [5.74, 6) is 0. The van der Waals surface area contributed by atoms with E-state index >= 15 is 0 Å². The van der Waals surface area contributed by atoms with Gasteiger partial charge in [0.15, 0.2) is 0 Å². The molecule has 12 aromatic carbocycles. The molecule has 386 valence electrons. The lowest BCUT2D eigenvalue weighted by Gasteiger charge is -2.24. The van der Waals surface area contributed by atoms with Crippen LogP contribution in [0.5, 0.6) is 0 Å². The fraction of sp³-hybridized carbons (Fsp3) is 0.200. The first-order chi connectivity index (χ1) is 38.3. The van der Waals surface area contributed by atoms with Gasteiger partial charge in [0.05, 0.1) is 0 Å². The predicted molar refractivity (Wildman–Crippen MR) is 341 cm³/mol. The van der Waals surface area contributed by atoms with E-state index < -0.39 is 0 Å². The number of benzene rings is 12. The number of fused-ring (bicyclic) bond motifs is 12. The molecule has 12 aromatic rings. The van der Waals surface area contributed by atoms with Crippen LogP contribution in [0.15, 0.2) is 200 Å². The minimum absolute atomic E-state index is 0.0291. The lowest BCUT2D eigenvalue weighted by molar-refractivity contribution is 0.591. The molecule has 0 N–H and O–H groups in total. The van der Waals surface area contributed by atoms with Crippen molar-refractivity contribution in [2.75, 3.05) is 0 Å². The van der Waals surface area contributed by atoms with Gasteiger partial charge in [-0.1, -0.05) is 234 Å². The summed E-state index contributed by atoms with van der Waals surface area (Å²) in [6.07, 6.45) is 0. The molecule has 0 amide bonds. The van der Waals surface area contributed by atoms with Crippen molar-refractivity contribution < 1.29 is 0 Å². The van der Waals surface area contributed by atoms with E-state index in [1.165, 1.54) is 171 Å². The van der Waals surface area contributed by atoms with Crippen LogP contribution in [0, 0.1) is 0 Å². The Labute approximate surface area is 472 Å². The first kappa shape index (κ1) is 47.7. The minimum Gasteiger partial charge on any atom is -0.0619 e. The third-order valence-electron chi connectivity index (χ3n) is 20.4. The highest BCUT2D eigenvalue weighted by molar-refractivity contribution is 6.25. The molecule has 16 rings (SSSR count). The first-order valence-corrected chi connectivity index (χ1v) is 29.1. The number of hydrogen-bond donors (Lipinski definition) is 0. The molecule has 4 aliphatic carbocycles. The quantitative estimate of drug-likeness (QED) is 0.154. The van der Waals surface area contributed by atoms with Gasteiger partial charge < -0.3 is 0 Å².